The molecule has 1 aromatic heterocycles. The van der Waals surface area contributed by atoms with E-state index in [-0.39, 0.29) is 5.84 Å². The third-order valence-corrected chi connectivity index (χ3v) is 3.04. The second-order valence-corrected chi connectivity index (χ2v) is 4.65. The molecule has 0 spiro atoms. The Hall–Kier alpha value is -1.89. The summed E-state index contributed by atoms with van der Waals surface area (Å²) in [5.41, 5.74) is 7.84. The number of hydrogen-bond acceptors (Lipinski definition) is 6. The first-order chi connectivity index (χ1) is 8.88. The van der Waals surface area contributed by atoms with Gasteiger partial charge in [0.05, 0.1) is 17.4 Å². The highest BCUT2D eigenvalue weighted by atomic mass is 16.4. The summed E-state index contributed by atoms with van der Waals surface area (Å²) in [4.78, 5) is 1.83. The first kappa shape index (κ1) is 15.2. The van der Waals surface area contributed by atoms with Crippen LogP contribution in [-0.4, -0.2) is 46.0 Å². The monoisotopic (exact) mass is 267 g/mol. The molecule has 4 N–H and O–H groups in total. The van der Waals surface area contributed by atoms with Crippen molar-refractivity contribution in [2.24, 2.45) is 10.9 Å². The third-order valence-electron chi connectivity index (χ3n) is 3.04. The summed E-state index contributed by atoms with van der Waals surface area (Å²) in [5.74, 6) is 0.549. The number of aryl methyl sites for hydroxylation is 1. The van der Waals surface area contributed by atoms with Crippen LogP contribution in [0.4, 0.5) is 5.82 Å². The number of oxime groups is 1. The van der Waals surface area contributed by atoms with Gasteiger partial charge in [0, 0.05) is 13.6 Å². The quantitative estimate of drug-likeness (QED) is 0.308. The topological polar surface area (TPSA) is 108 Å². The van der Waals surface area contributed by atoms with Crippen molar-refractivity contribution in [1.82, 2.24) is 10.2 Å². The van der Waals surface area contributed by atoms with Crippen molar-refractivity contribution in [3.05, 3.63) is 16.8 Å². The molecule has 1 heterocycles. The lowest BCUT2D eigenvalue weighted by Gasteiger charge is -2.22. The molecule has 19 heavy (non-hydrogen) atoms. The molecule has 0 amide bonds. The molecule has 106 valence electrons. The number of aliphatic hydroxyl groups is 1. The van der Waals surface area contributed by atoms with Crippen molar-refractivity contribution in [2.75, 3.05) is 18.5 Å². The highest BCUT2D eigenvalue weighted by molar-refractivity contribution is 6.02. The molecule has 1 rings (SSSR count). The zero-order valence-electron chi connectivity index (χ0n) is 11.8. The predicted molar refractivity (Wildman–Crippen MR) is 73.6 cm³/mol. The summed E-state index contributed by atoms with van der Waals surface area (Å²) in [6.45, 7) is 5.99. The molecule has 0 aliphatic rings. The van der Waals surface area contributed by atoms with E-state index in [1.807, 2.05) is 25.8 Å². The highest BCUT2D eigenvalue weighted by Crippen LogP contribution is 2.21. The fraction of sp³-hybridized carbons (Fsp3) is 0.583. The predicted octanol–water partition coefficient (Wildman–Crippen LogP) is 0.395. The van der Waals surface area contributed by atoms with Crippen LogP contribution in [0.5, 0.6) is 0 Å². The van der Waals surface area contributed by atoms with Crippen LogP contribution in [0, 0.1) is 13.8 Å². The molecule has 1 unspecified atom stereocenters. The maximum atomic E-state index is 9.32. The molecule has 0 saturated carbocycles. The van der Waals surface area contributed by atoms with Crippen LogP contribution in [0.15, 0.2) is 5.16 Å². The molecule has 7 heteroatoms. The smallest absolute Gasteiger partial charge is 0.174 e. The van der Waals surface area contributed by atoms with Crippen LogP contribution in [0.25, 0.3) is 0 Å². The van der Waals surface area contributed by atoms with Gasteiger partial charge in [0.1, 0.15) is 0 Å². The Labute approximate surface area is 112 Å². The first-order valence-corrected chi connectivity index (χ1v) is 6.09. The second kappa shape index (κ2) is 6.33. The molecule has 0 fully saturated rings. The number of aromatic nitrogens is 2. The fourth-order valence-corrected chi connectivity index (χ4v) is 1.71. The van der Waals surface area contributed by atoms with Gasteiger partial charge >= 0.3 is 0 Å². The standard InChI is InChI=1S/C12H21N5O2/c1-7(18)5-6-17(4)12-10(11(13)16-19)8(2)9(3)14-15-12/h7,18-19H,5-6H2,1-4H3,(H2,13,16). The Bertz CT molecular complexity index is 473. The van der Waals surface area contributed by atoms with Crippen molar-refractivity contribution < 1.29 is 10.3 Å². The van der Waals surface area contributed by atoms with Crippen LogP contribution in [0.3, 0.4) is 0 Å². The molecule has 0 saturated heterocycles. The van der Waals surface area contributed by atoms with Crippen LogP contribution in [0.2, 0.25) is 0 Å². The molecular weight excluding hydrogens is 246 g/mol. The minimum Gasteiger partial charge on any atom is -0.409 e. The zero-order valence-corrected chi connectivity index (χ0v) is 11.8. The van der Waals surface area contributed by atoms with E-state index in [1.165, 1.54) is 0 Å². The van der Waals surface area contributed by atoms with Crippen molar-refractivity contribution in [3.63, 3.8) is 0 Å². The number of anilines is 1. The van der Waals surface area contributed by atoms with E-state index in [2.05, 4.69) is 15.4 Å². The lowest BCUT2D eigenvalue weighted by Crippen LogP contribution is -2.28. The first-order valence-electron chi connectivity index (χ1n) is 6.09. The number of rotatable bonds is 5. The van der Waals surface area contributed by atoms with Crippen molar-refractivity contribution in [2.45, 2.75) is 33.3 Å². The van der Waals surface area contributed by atoms with Crippen LogP contribution in [-0.2, 0) is 0 Å². The number of aliphatic hydroxyl groups excluding tert-OH is 1. The normalized spacial score (nSPS) is 13.4. The Morgan fingerprint density at radius 1 is 1.42 bits per heavy atom. The van der Waals surface area contributed by atoms with Crippen molar-refractivity contribution in [1.29, 1.82) is 0 Å². The van der Waals surface area contributed by atoms with Gasteiger partial charge in [-0.3, -0.25) is 0 Å². The summed E-state index contributed by atoms with van der Waals surface area (Å²) in [6.07, 6.45) is 0.204. The minimum atomic E-state index is -0.394. The summed E-state index contributed by atoms with van der Waals surface area (Å²) >= 11 is 0. The zero-order chi connectivity index (χ0) is 14.6. The van der Waals surface area contributed by atoms with Gasteiger partial charge in [-0.1, -0.05) is 5.16 Å². The third kappa shape index (κ3) is 3.54. The summed E-state index contributed by atoms with van der Waals surface area (Å²) in [7, 11) is 1.83. The van der Waals surface area contributed by atoms with E-state index in [0.29, 0.717) is 24.3 Å². The van der Waals surface area contributed by atoms with E-state index in [9.17, 15) is 5.11 Å². The van der Waals surface area contributed by atoms with Gasteiger partial charge in [-0.25, -0.2) is 0 Å². The van der Waals surface area contributed by atoms with Gasteiger partial charge in [-0.05, 0) is 32.8 Å². The summed E-state index contributed by atoms with van der Waals surface area (Å²) in [5, 5.41) is 29.4. The molecule has 7 nitrogen and oxygen atoms in total. The molecule has 0 aliphatic carbocycles. The number of nitrogens with zero attached hydrogens (tertiary/aromatic N) is 4. The fourth-order valence-electron chi connectivity index (χ4n) is 1.71. The highest BCUT2D eigenvalue weighted by Gasteiger charge is 2.18. The molecular formula is C12H21N5O2. The Kier molecular flexibility index (Phi) is 5.05. The average molecular weight is 267 g/mol. The van der Waals surface area contributed by atoms with Crippen LogP contribution >= 0.6 is 0 Å². The van der Waals surface area contributed by atoms with E-state index in [1.54, 1.807) is 6.92 Å². The minimum absolute atomic E-state index is 0.00870. The molecule has 0 radical (unpaired) electrons. The Morgan fingerprint density at radius 2 is 2.05 bits per heavy atom. The van der Waals surface area contributed by atoms with Gasteiger partial charge in [-0.2, -0.15) is 5.10 Å². The molecule has 0 aromatic carbocycles. The van der Waals surface area contributed by atoms with Gasteiger partial charge < -0.3 is 20.9 Å². The SMILES string of the molecule is Cc1nnc(N(C)CCC(C)O)c(C(N)=NO)c1C. The number of nitrogens with two attached hydrogens (primary N) is 1. The molecule has 0 aliphatic heterocycles. The van der Waals surface area contributed by atoms with E-state index >= 15 is 0 Å². The maximum absolute atomic E-state index is 9.32. The summed E-state index contributed by atoms with van der Waals surface area (Å²) in [6, 6.07) is 0. The summed E-state index contributed by atoms with van der Waals surface area (Å²) < 4.78 is 0. The number of amidine groups is 1. The van der Waals surface area contributed by atoms with Crippen molar-refractivity contribution in [3.8, 4) is 0 Å². The Balaban J connectivity index is 3.16. The van der Waals surface area contributed by atoms with E-state index < -0.39 is 6.10 Å². The van der Waals surface area contributed by atoms with Gasteiger partial charge in [-0.15, -0.1) is 5.10 Å². The van der Waals surface area contributed by atoms with Gasteiger partial charge in [0.25, 0.3) is 0 Å². The lowest BCUT2D eigenvalue weighted by molar-refractivity contribution is 0.187. The molecule has 1 aromatic rings. The largest absolute Gasteiger partial charge is 0.409 e. The second-order valence-electron chi connectivity index (χ2n) is 4.65. The molecule has 1 atom stereocenters. The van der Waals surface area contributed by atoms with E-state index in [4.69, 9.17) is 10.9 Å². The van der Waals surface area contributed by atoms with Crippen molar-refractivity contribution >= 4 is 11.7 Å². The van der Waals surface area contributed by atoms with E-state index in [0.717, 1.165) is 11.3 Å². The molecule has 0 bridgehead atoms. The van der Waals surface area contributed by atoms with Gasteiger partial charge in [0.2, 0.25) is 0 Å². The van der Waals surface area contributed by atoms with Gasteiger partial charge in [0.15, 0.2) is 11.7 Å². The lowest BCUT2D eigenvalue weighted by atomic mass is 10.1. The van der Waals surface area contributed by atoms with Crippen LogP contribution < -0.4 is 10.6 Å². The maximum Gasteiger partial charge on any atom is 0.174 e. The average Bonchev–Trinajstić information content (AvgIpc) is 2.38. The number of hydrogen-bond donors (Lipinski definition) is 3. The Morgan fingerprint density at radius 3 is 2.58 bits per heavy atom. The van der Waals surface area contributed by atoms with Crippen LogP contribution in [0.1, 0.15) is 30.2 Å².